The van der Waals surface area contributed by atoms with E-state index in [0.29, 0.717) is 18.4 Å². The van der Waals surface area contributed by atoms with Crippen molar-refractivity contribution in [2.24, 2.45) is 15.7 Å². The van der Waals surface area contributed by atoms with Crippen molar-refractivity contribution in [2.75, 3.05) is 13.2 Å². The lowest BCUT2D eigenvalue weighted by Gasteiger charge is -2.30. The zero-order valence-electron chi connectivity index (χ0n) is 11.8. The summed E-state index contributed by atoms with van der Waals surface area (Å²) in [6, 6.07) is 4.21. The molecule has 0 bridgehead atoms. The Balaban J connectivity index is 1.67. The predicted octanol–water partition coefficient (Wildman–Crippen LogP) is -0.00730. The van der Waals surface area contributed by atoms with Crippen LogP contribution in [0.4, 0.5) is 0 Å². The minimum absolute atomic E-state index is 0.343. The number of nitrogens with one attached hydrogen (secondary N) is 2. The Labute approximate surface area is 123 Å². The van der Waals surface area contributed by atoms with E-state index in [2.05, 4.69) is 25.6 Å². The Morgan fingerprint density at radius 1 is 1.43 bits per heavy atom. The summed E-state index contributed by atoms with van der Waals surface area (Å²) in [4.78, 5) is 12.8. The number of hydrogen-bond donors (Lipinski definition) is 3. The number of hydrogen-bond acceptors (Lipinski definition) is 7. The summed E-state index contributed by atoms with van der Waals surface area (Å²) in [6.45, 7) is 1.55. The standard InChI is InChI=1S/C14H20N6O/c15-14(8-11-2-1-5-16-9-11)18-10-17-13(20-14)19-12-3-6-21-7-4-12/h1-2,5,9-10,12H,3-4,6-8,15H2,(H2,17,18,19,20). The first-order valence-electron chi connectivity index (χ1n) is 7.16. The average molecular weight is 288 g/mol. The molecule has 21 heavy (non-hydrogen) atoms. The van der Waals surface area contributed by atoms with Gasteiger partial charge in [0.15, 0.2) is 5.79 Å². The second kappa shape index (κ2) is 6.19. The zero-order chi connectivity index (χ0) is 14.5. The van der Waals surface area contributed by atoms with Gasteiger partial charge < -0.3 is 15.4 Å². The van der Waals surface area contributed by atoms with Crippen molar-refractivity contribution in [3.63, 3.8) is 0 Å². The Bertz CT molecular complexity index is 526. The molecule has 0 saturated carbocycles. The lowest BCUT2D eigenvalue weighted by molar-refractivity contribution is 0.0823. The predicted molar refractivity (Wildman–Crippen MR) is 80.9 cm³/mol. The minimum atomic E-state index is -0.891. The number of rotatable bonds is 3. The van der Waals surface area contributed by atoms with Gasteiger partial charge in [-0.25, -0.2) is 9.98 Å². The van der Waals surface area contributed by atoms with Gasteiger partial charge in [0.05, 0.1) is 6.34 Å². The maximum atomic E-state index is 6.30. The van der Waals surface area contributed by atoms with Gasteiger partial charge in [-0.05, 0) is 24.5 Å². The molecule has 0 amide bonds. The molecule has 2 aliphatic rings. The van der Waals surface area contributed by atoms with E-state index in [-0.39, 0.29) is 0 Å². The zero-order valence-corrected chi connectivity index (χ0v) is 11.8. The fourth-order valence-corrected chi connectivity index (χ4v) is 2.45. The van der Waals surface area contributed by atoms with Gasteiger partial charge in [0.25, 0.3) is 0 Å². The lowest BCUT2D eigenvalue weighted by atomic mass is 10.1. The van der Waals surface area contributed by atoms with Crippen LogP contribution in [-0.2, 0) is 11.2 Å². The van der Waals surface area contributed by atoms with Crippen LogP contribution in [0.15, 0.2) is 34.5 Å². The molecule has 1 fully saturated rings. The monoisotopic (exact) mass is 288 g/mol. The molecule has 1 atom stereocenters. The van der Waals surface area contributed by atoms with Crippen LogP contribution < -0.4 is 16.4 Å². The number of nitrogens with zero attached hydrogens (tertiary/aromatic N) is 3. The second-order valence-electron chi connectivity index (χ2n) is 5.33. The van der Waals surface area contributed by atoms with E-state index in [1.54, 1.807) is 18.7 Å². The number of aliphatic imine (C=N–C) groups is 2. The van der Waals surface area contributed by atoms with Gasteiger partial charge in [-0.3, -0.25) is 10.7 Å². The Hall–Kier alpha value is -1.99. The largest absolute Gasteiger partial charge is 0.381 e. The molecule has 1 saturated heterocycles. The third-order valence-electron chi connectivity index (χ3n) is 3.56. The van der Waals surface area contributed by atoms with Gasteiger partial charge in [-0.15, -0.1) is 0 Å². The van der Waals surface area contributed by atoms with Crippen molar-refractivity contribution >= 4 is 12.3 Å². The minimum Gasteiger partial charge on any atom is -0.381 e. The fraction of sp³-hybridized carbons (Fsp3) is 0.500. The van der Waals surface area contributed by atoms with Gasteiger partial charge in [0, 0.05) is 38.1 Å². The molecule has 4 N–H and O–H groups in total. The highest BCUT2D eigenvalue weighted by molar-refractivity contribution is 5.89. The van der Waals surface area contributed by atoms with E-state index < -0.39 is 5.79 Å². The molecule has 1 unspecified atom stereocenters. The van der Waals surface area contributed by atoms with E-state index in [0.717, 1.165) is 31.6 Å². The molecular weight excluding hydrogens is 268 g/mol. The highest BCUT2D eigenvalue weighted by atomic mass is 16.5. The van der Waals surface area contributed by atoms with Crippen molar-refractivity contribution in [3.8, 4) is 0 Å². The molecule has 7 nitrogen and oxygen atoms in total. The summed E-state index contributed by atoms with van der Waals surface area (Å²) in [5.41, 5.74) is 7.33. The molecular formula is C14H20N6O. The molecule has 3 rings (SSSR count). The third kappa shape index (κ3) is 3.77. The lowest BCUT2D eigenvalue weighted by Crippen LogP contribution is -2.57. The molecule has 0 radical (unpaired) electrons. The summed E-state index contributed by atoms with van der Waals surface area (Å²) in [5.74, 6) is -0.315. The molecule has 112 valence electrons. The third-order valence-corrected chi connectivity index (χ3v) is 3.56. The Morgan fingerprint density at radius 2 is 2.29 bits per heavy atom. The van der Waals surface area contributed by atoms with Gasteiger partial charge in [0.1, 0.15) is 0 Å². The fourth-order valence-electron chi connectivity index (χ4n) is 2.45. The van der Waals surface area contributed by atoms with E-state index in [1.165, 1.54) is 0 Å². The number of nitrogens with two attached hydrogens (primary N) is 1. The molecule has 3 heterocycles. The van der Waals surface area contributed by atoms with Gasteiger partial charge in [-0.2, -0.15) is 0 Å². The van der Waals surface area contributed by atoms with Crippen LogP contribution in [0, 0.1) is 0 Å². The van der Waals surface area contributed by atoms with Crippen molar-refractivity contribution in [1.82, 2.24) is 15.6 Å². The maximum absolute atomic E-state index is 6.30. The Kier molecular flexibility index (Phi) is 4.12. The highest BCUT2D eigenvalue weighted by Crippen LogP contribution is 2.12. The van der Waals surface area contributed by atoms with E-state index in [4.69, 9.17) is 10.5 Å². The van der Waals surface area contributed by atoms with E-state index >= 15 is 0 Å². The first-order valence-corrected chi connectivity index (χ1v) is 7.16. The number of guanidine groups is 1. The topological polar surface area (TPSA) is 96.9 Å². The quantitative estimate of drug-likeness (QED) is 0.727. The summed E-state index contributed by atoms with van der Waals surface area (Å²) >= 11 is 0. The number of ether oxygens (including phenoxy) is 1. The Morgan fingerprint density at radius 3 is 3.05 bits per heavy atom. The van der Waals surface area contributed by atoms with Crippen LogP contribution in [-0.4, -0.2) is 42.3 Å². The van der Waals surface area contributed by atoms with Gasteiger partial charge in [0.2, 0.25) is 5.96 Å². The maximum Gasteiger partial charge on any atom is 0.223 e. The number of pyridine rings is 1. The molecule has 7 heteroatoms. The summed E-state index contributed by atoms with van der Waals surface area (Å²) in [5, 5.41) is 6.35. The smallest absolute Gasteiger partial charge is 0.223 e. The molecule has 1 aromatic rings. The normalized spacial score (nSPS) is 26.0. The van der Waals surface area contributed by atoms with Crippen molar-refractivity contribution in [3.05, 3.63) is 30.1 Å². The van der Waals surface area contributed by atoms with Crippen LogP contribution in [0.25, 0.3) is 0 Å². The van der Waals surface area contributed by atoms with Crippen LogP contribution in [0.2, 0.25) is 0 Å². The van der Waals surface area contributed by atoms with Crippen LogP contribution >= 0.6 is 0 Å². The highest BCUT2D eigenvalue weighted by Gasteiger charge is 2.27. The summed E-state index contributed by atoms with van der Waals surface area (Å²) in [6.07, 6.45) is 7.61. The van der Waals surface area contributed by atoms with E-state index in [1.807, 2.05) is 12.1 Å². The summed E-state index contributed by atoms with van der Waals surface area (Å²) in [7, 11) is 0. The molecule has 1 aromatic heterocycles. The molecule has 0 aliphatic carbocycles. The summed E-state index contributed by atoms with van der Waals surface area (Å²) < 4.78 is 5.35. The second-order valence-corrected chi connectivity index (χ2v) is 5.33. The first kappa shape index (κ1) is 14.0. The van der Waals surface area contributed by atoms with Crippen molar-refractivity contribution < 1.29 is 4.74 Å². The van der Waals surface area contributed by atoms with Crippen LogP contribution in [0.5, 0.6) is 0 Å². The SMILES string of the molecule is NC1(Cc2cccnc2)N=C(NC2CCOCC2)N=CN1. The van der Waals surface area contributed by atoms with Crippen molar-refractivity contribution in [2.45, 2.75) is 31.1 Å². The van der Waals surface area contributed by atoms with Gasteiger partial charge in [-0.1, -0.05) is 6.07 Å². The molecule has 0 spiro atoms. The van der Waals surface area contributed by atoms with E-state index in [9.17, 15) is 0 Å². The van der Waals surface area contributed by atoms with Crippen LogP contribution in [0.3, 0.4) is 0 Å². The first-order chi connectivity index (χ1) is 10.2. The van der Waals surface area contributed by atoms with Crippen molar-refractivity contribution in [1.29, 1.82) is 0 Å². The van der Waals surface area contributed by atoms with Crippen LogP contribution in [0.1, 0.15) is 18.4 Å². The molecule has 0 aromatic carbocycles. The van der Waals surface area contributed by atoms with Gasteiger partial charge >= 0.3 is 0 Å². The molecule has 2 aliphatic heterocycles. The average Bonchev–Trinajstić information content (AvgIpc) is 2.49. The number of aromatic nitrogens is 1.